The summed E-state index contributed by atoms with van der Waals surface area (Å²) in [7, 11) is 1.94. The highest BCUT2D eigenvalue weighted by molar-refractivity contribution is 5.95. The number of amides is 1. The van der Waals surface area contributed by atoms with Crippen LogP contribution in [0, 0.1) is 20.8 Å². The number of rotatable bonds is 2. The molecule has 1 saturated heterocycles. The molecule has 0 aliphatic carbocycles. The summed E-state index contributed by atoms with van der Waals surface area (Å²) in [5.74, 6) is 0.292. The molecular weight excluding hydrogens is 316 g/mol. The molecule has 0 bridgehead atoms. The largest absolute Gasteiger partial charge is 0.449 e. The predicted molar refractivity (Wildman–Crippen MR) is 94.4 cm³/mol. The molecule has 25 heavy (non-hydrogen) atoms. The molecule has 130 valence electrons. The molecule has 1 amide bonds. The van der Waals surface area contributed by atoms with Gasteiger partial charge in [-0.05, 0) is 45.7 Å². The van der Waals surface area contributed by atoms with Crippen LogP contribution in [-0.4, -0.2) is 32.1 Å². The Morgan fingerprint density at radius 2 is 2.08 bits per heavy atom. The smallest absolute Gasteiger partial charge is 0.290 e. The van der Waals surface area contributed by atoms with Crippen molar-refractivity contribution >= 4 is 17.0 Å². The molecule has 1 aliphatic heterocycles. The minimum Gasteiger partial charge on any atom is -0.449 e. The Bertz CT molecular complexity index is 969. The van der Waals surface area contributed by atoms with Gasteiger partial charge in [0.25, 0.3) is 5.91 Å². The summed E-state index contributed by atoms with van der Waals surface area (Å²) in [5.41, 5.74) is 5.56. The Hall–Kier alpha value is -2.63. The number of furan rings is 1. The number of likely N-dealkylation sites (tertiary alicyclic amines) is 1. The maximum absolute atomic E-state index is 13.1. The number of carbonyl (C=O) groups excluding carboxylic acids is 1. The quantitative estimate of drug-likeness (QED) is 0.718. The van der Waals surface area contributed by atoms with E-state index in [-0.39, 0.29) is 11.9 Å². The average Bonchev–Trinajstić information content (AvgIpc) is 3.25. The third-order valence-electron chi connectivity index (χ3n) is 5.14. The van der Waals surface area contributed by atoms with E-state index < -0.39 is 0 Å². The fraction of sp³-hybridized carbons (Fsp3) is 0.421. The normalized spacial score (nSPS) is 17.6. The van der Waals surface area contributed by atoms with Gasteiger partial charge in [-0.1, -0.05) is 0 Å². The van der Waals surface area contributed by atoms with Gasteiger partial charge in [-0.2, -0.15) is 5.10 Å². The van der Waals surface area contributed by atoms with Gasteiger partial charge < -0.3 is 9.32 Å². The maximum Gasteiger partial charge on any atom is 0.290 e. The summed E-state index contributed by atoms with van der Waals surface area (Å²) in [6.07, 6.45) is 1.94. The van der Waals surface area contributed by atoms with Crippen LogP contribution < -0.4 is 0 Å². The number of aromatic nitrogens is 3. The molecule has 0 saturated carbocycles. The maximum atomic E-state index is 13.1. The van der Waals surface area contributed by atoms with Crippen molar-refractivity contribution in [2.75, 3.05) is 6.54 Å². The highest BCUT2D eigenvalue weighted by Crippen LogP contribution is 2.36. The molecule has 6 heteroatoms. The minimum absolute atomic E-state index is 0.0594. The summed E-state index contributed by atoms with van der Waals surface area (Å²) in [5, 5.41) is 4.51. The summed E-state index contributed by atoms with van der Waals surface area (Å²) < 4.78 is 7.66. The van der Waals surface area contributed by atoms with Gasteiger partial charge in [0.2, 0.25) is 0 Å². The van der Waals surface area contributed by atoms with Crippen LogP contribution >= 0.6 is 0 Å². The number of hydrogen-bond donors (Lipinski definition) is 0. The van der Waals surface area contributed by atoms with Gasteiger partial charge in [0.15, 0.2) is 11.3 Å². The minimum atomic E-state index is -0.0687. The first-order valence-corrected chi connectivity index (χ1v) is 8.64. The molecule has 4 rings (SSSR count). The first-order chi connectivity index (χ1) is 12.0. The molecule has 1 atom stereocenters. The summed E-state index contributed by atoms with van der Waals surface area (Å²) in [4.78, 5) is 19.4. The second-order valence-electron chi connectivity index (χ2n) is 6.81. The lowest BCUT2D eigenvalue weighted by Crippen LogP contribution is -2.30. The fourth-order valence-electron chi connectivity index (χ4n) is 3.85. The van der Waals surface area contributed by atoms with E-state index in [2.05, 4.69) is 17.0 Å². The summed E-state index contributed by atoms with van der Waals surface area (Å²) in [6, 6.07) is 5.57. The molecule has 4 heterocycles. The Labute approximate surface area is 146 Å². The number of aryl methyl sites for hydroxylation is 3. The number of fused-ring (bicyclic) bond motifs is 1. The van der Waals surface area contributed by atoms with Gasteiger partial charge in [-0.3, -0.25) is 9.48 Å². The molecule has 3 aromatic rings. The van der Waals surface area contributed by atoms with Crippen LogP contribution in [0.3, 0.4) is 0 Å². The van der Waals surface area contributed by atoms with E-state index in [0.717, 1.165) is 42.0 Å². The molecule has 0 aromatic carbocycles. The van der Waals surface area contributed by atoms with E-state index in [1.807, 2.05) is 42.6 Å². The highest BCUT2D eigenvalue weighted by atomic mass is 16.3. The van der Waals surface area contributed by atoms with Crippen molar-refractivity contribution in [1.82, 2.24) is 19.7 Å². The molecular formula is C19H22N4O2. The number of pyridine rings is 1. The Kier molecular flexibility index (Phi) is 3.63. The zero-order chi connectivity index (χ0) is 17.7. The highest BCUT2D eigenvalue weighted by Gasteiger charge is 2.35. The number of nitrogens with zero attached hydrogens (tertiary/aromatic N) is 4. The molecule has 6 nitrogen and oxygen atoms in total. The van der Waals surface area contributed by atoms with E-state index in [1.54, 1.807) is 6.07 Å². The molecule has 1 unspecified atom stereocenters. The Morgan fingerprint density at radius 1 is 1.28 bits per heavy atom. The van der Waals surface area contributed by atoms with E-state index in [0.29, 0.717) is 11.3 Å². The van der Waals surface area contributed by atoms with Crippen LogP contribution in [0.15, 0.2) is 22.6 Å². The first kappa shape index (κ1) is 15.9. The van der Waals surface area contributed by atoms with Gasteiger partial charge in [0.1, 0.15) is 5.52 Å². The van der Waals surface area contributed by atoms with Gasteiger partial charge in [0.05, 0.1) is 11.7 Å². The molecule has 0 N–H and O–H groups in total. The second-order valence-corrected chi connectivity index (χ2v) is 6.81. The van der Waals surface area contributed by atoms with Gasteiger partial charge in [0, 0.05) is 36.6 Å². The third-order valence-corrected chi connectivity index (χ3v) is 5.14. The van der Waals surface area contributed by atoms with Crippen molar-refractivity contribution in [3.63, 3.8) is 0 Å². The number of carbonyl (C=O) groups is 1. The zero-order valence-electron chi connectivity index (χ0n) is 15.0. The first-order valence-electron chi connectivity index (χ1n) is 8.64. The van der Waals surface area contributed by atoms with E-state index >= 15 is 0 Å². The molecule has 0 radical (unpaired) electrons. The fourth-order valence-corrected chi connectivity index (χ4v) is 3.85. The Balaban J connectivity index is 1.70. The van der Waals surface area contributed by atoms with Crippen LogP contribution in [-0.2, 0) is 7.05 Å². The predicted octanol–water partition coefficient (Wildman–Crippen LogP) is 3.46. The molecule has 3 aromatic heterocycles. The molecule has 0 spiro atoms. The number of hydrogen-bond acceptors (Lipinski definition) is 4. The van der Waals surface area contributed by atoms with E-state index in [4.69, 9.17) is 4.42 Å². The van der Waals surface area contributed by atoms with Gasteiger partial charge in [-0.25, -0.2) is 4.98 Å². The lowest BCUT2D eigenvalue weighted by atomic mass is 10.0. The third kappa shape index (κ3) is 2.52. The van der Waals surface area contributed by atoms with Gasteiger partial charge in [-0.15, -0.1) is 0 Å². The van der Waals surface area contributed by atoms with Crippen molar-refractivity contribution < 1.29 is 9.21 Å². The Morgan fingerprint density at radius 3 is 2.80 bits per heavy atom. The SMILES string of the molecule is Cc1ccc2oc(C(=O)N3CCCC3c3c(C)nn(C)c3C)cc2n1. The monoisotopic (exact) mass is 338 g/mol. The van der Waals surface area contributed by atoms with Crippen LogP contribution in [0.4, 0.5) is 0 Å². The summed E-state index contributed by atoms with van der Waals surface area (Å²) in [6.45, 7) is 6.74. The van der Waals surface area contributed by atoms with E-state index in [9.17, 15) is 4.79 Å². The van der Waals surface area contributed by atoms with E-state index in [1.165, 1.54) is 5.56 Å². The zero-order valence-corrected chi connectivity index (χ0v) is 15.0. The van der Waals surface area contributed by atoms with Crippen LogP contribution in [0.25, 0.3) is 11.1 Å². The van der Waals surface area contributed by atoms with Crippen molar-refractivity contribution in [2.45, 2.75) is 39.7 Å². The molecule has 1 fully saturated rings. The lowest BCUT2D eigenvalue weighted by Gasteiger charge is -2.24. The van der Waals surface area contributed by atoms with Gasteiger partial charge >= 0.3 is 0 Å². The van der Waals surface area contributed by atoms with Crippen LogP contribution in [0.2, 0.25) is 0 Å². The van der Waals surface area contributed by atoms with Crippen LogP contribution in [0.1, 0.15) is 52.1 Å². The average molecular weight is 338 g/mol. The topological polar surface area (TPSA) is 64.2 Å². The van der Waals surface area contributed by atoms with Crippen molar-refractivity contribution in [2.24, 2.45) is 7.05 Å². The van der Waals surface area contributed by atoms with Crippen LogP contribution in [0.5, 0.6) is 0 Å². The lowest BCUT2D eigenvalue weighted by molar-refractivity contribution is 0.0705. The van der Waals surface area contributed by atoms with Crippen molar-refractivity contribution in [3.05, 3.63) is 46.6 Å². The van der Waals surface area contributed by atoms with Crippen molar-refractivity contribution in [3.8, 4) is 0 Å². The summed E-state index contributed by atoms with van der Waals surface area (Å²) >= 11 is 0. The standard InChI is InChI=1S/C19H22N4O2/c1-11-7-8-16-14(20-11)10-17(25-16)19(24)23-9-5-6-15(23)18-12(2)21-22(4)13(18)3/h7-8,10,15H,5-6,9H2,1-4H3. The molecule has 1 aliphatic rings. The van der Waals surface area contributed by atoms with Crippen molar-refractivity contribution in [1.29, 1.82) is 0 Å². The second kappa shape index (κ2) is 5.72.